The minimum atomic E-state index is -2.94. The van der Waals surface area contributed by atoms with Crippen LogP contribution in [0.4, 0.5) is 8.78 Å². The number of halogens is 2. The third-order valence-corrected chi connectivity index (χ3v) is 4.45. The fraction of sp³-hybridized carbons (Fsp3) is 0.500. The monoisotopic (exact) mass is 411 g/mol. The molecule has 29 heavy (non-hydrogen) atoms. The van der Waals surface area contributed by atoms with Crippen LogP contribution in [0.15, 0.2) is 24.3 Å². The van der Waals surface area contributed by atoms with Crippen molar-refractivity contribution in [3.8, 4) is 11.5 Å². The summed E-state index contributed by atoms with van der Waals surface area (Å²) in [5.74, 6) is -0.0494. The Kier molecular flexibility index (Phi) is 8.85. The molecule has 2 rings (SSSR count). The predicted molar refractivity (Wildman–Crippen MR) is 105 cm³/mol. The van der Waals surface area contributed by atoms with E-state index in [1.165, 1.54) is 25.3 Å². The first-order valence-electron chi connectivity index (χ1n) is 9.51. The van der Waals surface area contributed by atoms with E-state index >= 15 is 0 Å². The number of hydrogen-bond acceptors (Lipinski definition) is 5. The molecule has 1 aromatic rings. The maximum atomic E-state index is 12.4. The van der Waals surface area contributed by atoms with Crippen LogP contribution < -0.4 is 14.8 Å². The topological polar surface area (TPSA) is 71.1 Å². The van der Waals surface area contributed by atoms with Crippen molar-refractivity contribution in [3.63, 3.8) is 0 Å². The maximum Gasteiger partial charge on any atom is 0.387 e. The van der Waals surface area contributed by atoms with Gasteiger partial charge in [-0.3, -0.25) is 14.5 Å². The molecule has 1 aliphatic rings. The third-order valence-electron chi connectivity index (χ3n) is 4.45. The van der Waals surface area contributed by atoms with Gasteiger partial charge in [0.25, 0.3) is 0 Å². The number of benzene rings is 1. The molecule has 7 nitrogen and oxygen atoms in total. The molecule has 1 heterocycles. The van der Waals surface area contributed by atoms with Crippen LogP contribution in [0.2, 0.25) is 0 Å². The number of carbonyl (C=O) groups is 2. The molecule has 9 heteroatoms. The predicted octanol–water partition coefficient (Wildman–Crippen LogP) is 1.98. The van der Waals surface area contributed by atoms with E-state index in [0.29, 0.717) is 44.8 Å². The number of carbonyl (C=O) groups excluding carboxylic acids is 2. The lowest BCUT2D eigenvalue weighted by Gasteiger charge is -2.33. The highest BCUT2D eigenvalue weighted by Crippen LogP contribution is 2.29. The molecule has 0 bridgehead atoms. The van der Waals surface area contributed by atoms with E-state index in [1.54, 1.807) is 17.0 Å². The zero-order valence-electron chi connectivity index (χ0n) is 16.7. The van der Waals surface area contributed by atoms with Crippen LogP contribution in [0, 0.1) is 0 Å². The molecule has 0 aromatic heterocycles. The first kappa shape index (κ1) is 22.6. The van der Waals surface area contributed by atoms with Gasteiger partial charge in [-0.25, -0.2) is 0 Å². The fourth-order valence-corrected chi connectivity index (χ4v) is 2.90. The van der Waals surface area contributed by atoms with E-state index in [-0.39, 0.29) is 23.3 Å². The van der Waals surface area contributed by atoms with E-state index in [2.05, 4.69) is 10.1 Å². The van der Waals surface area contributed by atoms with Gasteiger partial charge in [-0.2, -0.15) is 8.78 Å². The summed E-state index contributed by atoms with van der Waals surface area (Å²) in [7, 11) is 1.36. The minimum absolute atomic E-state index is 0.000243. The summed E-state index contributed by atoms with van der Waals surface area (Å²) in [5, 5.41) is 2.84. The molecule has 0 atom stereocenters. The van der Waals surface area contributed by atoms with Gasteiger partial charge in [0.05, 0.1) is 13.7 Å². The molecule has 0 aliphatic carbocycles. The normalized spacial score (nSPS) is 15.0. The third kappa shape index (κ3) is 7.34. The zero-order valence-corrected chi connectivity index (χ0v) is 16.7. The molecular weight excluding hydrogens is 384 g/mol. The quantitative estimate of drug-likeness (QED) is 0.630. The van der Waals surface area contributed by atoms with Crippen molar-refractivity contribution in [1.82, 2.24) is 15.1 Å². The van der Waals surface area contributed by atoms with Crippen LogP contribution in [0.25, 0.3) is 6.08 Å². The molecule has 0 radical (unpaired) electrons. The number of amides is 2. The zero-order chi connectivity index (χ0) is 21.2. The summed E-state index contributed by atoms with van der Waals surface area (Å²) in [5.41, 5.74) is 0.628. The number of methoxy groups -OCH3 is 1. The number of alkyl halides is 2. The second-order valence-electron chi connectivity index (χ2n) is 6.57. The van der Waals surface area contributed by atoms with E-state index in [9.17, 15) is 18.4 Å². The van der Waals surface area contributed by atoms with Gasteiger partial charge < -0.3 is 19.7 Å². The summed E-state index contributed by atoms with van der Waals surface area (Å²) in [4.78, 5) is 27.9. The van der Waals surface area contributed by atoms with Crippen molar-refractivity contribution < 1.29 is 27.8 Å². The smallest absolute Gasteiger partial charge is 0.387 e. The number of rotatable bonds is 9. The van der Waals surface area contributed by atoms with Crippen LogP contribution in [-0.2, 0) is 9.59 Å². The van der Waals surface area contributed by atoms with Gasteiger partial charge in [0.1, 0.15) is 0 Å². The van der Waals surface area contributed by atoms with E-state index in [0.717, 1.165) is 6.42 Å². The van der Waals surface area contributed by atoms with Crippen molar-refractivity contribution in [1.29, 1.82) is 0 Å². The summed E-state index contributed by atoms with van der Waals surface area (Å²) >= 11 is 0. The van der Waals surface area contributed by atoms with Crippen LogP contribution in [0.5, 0.6) is 11.5 Å². The van der Waals surface area contributed by atoms with Gasteiger partial charge in [-0.05, 0) is 30.2 Å². The molecule has 1 aliphatic heterocycles. The van der Waals surface area contributed by atoms with Crippen molar-refractivity contribution in [2.45, 2.75) is 20.0 Å². The SMILES string of the molecule is CCCNC(=O)CN1CCN(C(=O)/C=C/c2ccc(OC(F)F)c(OC)c2)CC1. The molecule has 0 unspecified atom stereocenters. The Hall–Kier alpha value is -2.68. The van der Waals surface area contributed by atoms with Gasteiger partial charge in [-0.1, -0.05) is 13.0 Å². The Morgan fingerprint density at radius 3 is 2.55 bits per heavy atom. The van der Waals surface area contributed by atoms with E-state index < -0.39 is 6.61 Å². The Morgan fingerprint density at radius 1 is 1.21 bits per heavy atom. The summed E-state index contributed by atoms with van der Waals surface area (Å²) in [6, 6.07) is 4.46. The van der Waals surface area contributed by atoms with Gasteiger partial charge in [-0.15, -0.1) is 0 Å². The van der Waals surface area contributed by atoms with E-state index in [4.69, 9.17) is 4.74 Å². The van der Waals surface area contributed by atoms with Crippen LogP contribution in [0.3, 0.4) is 0 Å². The van der Waals surface area contributed by atoms with Gasteiger partial charge in [0.15, 0.2) is 11.5 Å². The lowest BCUT2D eigenvalue weighted by molar-refractivity contribution is -0.128. The first-order chi connectivity index (χ1) is 13.9. The second kappa shape index (κ2) is 11.4. The maximum absolute atomic E-state index is 12.4. The molecule has 0 saturated carbocycles. The van der Waals surface area contributed by atoms with Gasteiger partial charge in [0, 0.05) is 38.8 Å². The standard InChI is InChI=1S/C20H27F2N3O4/c1-3-8-23-18(26)14-24-9-11-25(12-10-24)19(27)7-5-15-4-6-16(29-20(21)22)17(13-15)28-2/h4-7,13,20H,3,8-12,14H2,1-2H3,(H,23,26)/b7-5+. The molecule has 1 saturated heterocycles. The van der Waals surface area contributed by atoms with Crippen molar-refractivity contribution in [3.05, 3.63) is 29.8 Å². The Bertz CT molecular complexity index is 720. The molecule has 1 N–H and O–H groups in total. The lowest BCUT2D eigenvalue weighted by atomic mass is 10.2. The number of nitrogens with zero attached hydrogens (tertiary/aromatic N) is 2. The average molecular weight is 411 g/mol. The Balaban J connectivity index is 1.86. The molecule has 1 aromatic carbocycles. The highest BCUT2D eigenvalue weighted by molar-refractivity contribution is 5.92. The van der Waals surface area contributed by atoms with Gasteiger partial charge >= 0.3 is 6.61 Å². The Labute approximate surface area is 169 Å². The highest BCUT2D eigenvalue weighted by atomic mass is 19.3. The van der Waals surface area contributed by atoms with Crippen LogP contribution in [0.1, 0.15) is 18.9 Å². The summed E-state index contributed by atoms with van der Waals surface area (Å²) in [6.07, 6.45) is 3.93. The molecule has 160 valence electrons. The largest absolute Gasteiger partial charge is 0.493 e. The molecular formula is C20H27F2N3O4. The lowest BCUT2D eigenvalue weighted by Crippen LogP contribution is -2.50. The van der Waals surface area contributed by atoms with Crippen molar-refractivity contribution in [2.24, 2.45) is 0 Å². The second-order valence-corrected chi connectivity index (χ2v) is 6.57. The minimum Gasteiger partial charge on any atom is -0.493 e. The molecule has 1 fully saturated rings. The summed E-state index contributed by atoms with van der Waals surface area (Å²) in [6.45, 7) is 2.40. The van der Waals surface area contributed by atoms with Crippen LogP contribution in [-0.4, -0.2) is 74.6 Å². The highest BCUT2D eigenvalue weighted by Gasteiger charge is 2.21. The van der Waals surface area contributed by atoms with Crippen molar-refractivity contribution in [2.75, 3.05) is 46.4 Å². The fourth-order valence-electron chi connectivity index (χ4n) is 2.90. The van der Waals surface area contributed by atoms with Crippen molar-refractivity contribution >= 4 is 17.9 Å². The number of ether oxygens (including phenoxy) is 2. The molecule has 0 spiro atoms. The first-order valence-corrected chi connectivity index (χ1v) is 9.51. The van der Waals surface area contributed by atoms with Crippen LogP contribution >= 0.6 is 0 Å². The van der Waals surface area contributed by atoms with E-state index in [1.807, 2.05) is 11.8 Å². The molecule has 2 amide bonds. The average Bonchev–Trinajstić information content (AvgIpc) is 2.71. The van der Waals surface area contributed by atoms with Gasteiger partial charge in [0.2, 0.25) is 11.8 Å². The number of hydrogen-bond donors (Lipinski definition) is 1. The number of nitrogens with one attached hydrogen (secondary N) is 1. The Morgan fingerprint density at radius 2 is 1.93 bits per heavy atom. The number of piperazine rings is 1. The summed E-state index contributed by atoms with van der Waals surface area (Å²) < 4.78 is 34.2.